The largest absolute Gasteiger partial charge is 0.355 e. The monoisotopic (exact) mass is 240 g/mol. The Balaban J connectivity index is 2.04. The van der Waals surface area contributed by atoms with Crippen LogP contribution in [0.15, 0.2) is 0 Å². The van der Waals surface area contributed by atoms with Crippen LogP contribution in [0.1, 0.15) is 52.9 Å². The maximum Gasteiger partial charge on any atom is 0.233 e. The zero-order chi connectivity index (χ0) is 12.7. The van der Waals surface area contributed by atoms with Crippen molar-refractivity contribution in [2.75, 3.05) is 13.1 Å². The molecule has 0 aromatic carbocycles. The minimum absolute atomic E-state index is 0.139. The third-order valence-corrected chi connectivity index (χ3v) is 3.40. The van der Waals surface area contributed by atoms with Crippen LogP contribution in [0.5, 0.6) is 0 Å². The molecule has 1 amide bonds. The van der Waals surface area contributed by atoms with E-state index in [1.165, 1.54) is 19.3 Å². The Morgan fingerprint density at radius 1 is 1.35 bits per heavy atom. The molecule has 3 heteroatoms. The van der Waals surface area contributed by atoms with Crippen LogP contribution in [0, 0.1) is 11.8 Å². The first-order valence-corrected chi connectivity index (χ1v) is 7.11. The lowest BCUT2D eigenvalue weighted by molar-refractivity contribution is -0.120. The Hall–Kier alpha value is -0.570. The quantitative estimate of drug-likeness (QED) is 0.649. The number of hydrogen-bond donors (Lipinski definition) is 2. The molecule has 0 saturated heterocycles. The summed E-state index contributed by atoms with van der Waals surface area (Å²) in [6.45, 7) is 7.82. The highest BCUT2D eigenvalue weighted by Crippen LogP contribution is 2.33. The molecule has 1 atom stereocenters. The van der Waals surface area contributed by atoms with Crippen molar-refractivity contribution in [3.05, 3.63) is 0 Å². The predicted octanol–water partition coefficient (Wildman–Crippen LogP) is 2.32. The van der Waals surface area contributed by atoms with Gasteiger partial charge in [-0.1, -0.05) is 33.6 Å². The Kier molecular flexibility index (Phi) is 6.56. The maximum absolute atomic E-state index is 11.6. The van der Waals surface area contributed by atoms with Crippen molar-refractivity contribution in [3.63, 3.8) is 0 Å². The minimum atomic E-state index is 0.139. The van der Waals surface area contributed by atoms with Crippen LogP contribution in [-0.2, 0) is 4.79 Å². The SMILES string of the molecule is CCC(CC1CC1)NCC(=O)NCCC(C)C. The molecule has 1 fully saturated rings. The average Bonchev–Trinajstić information content (AvgIpc) is 3.07. The third-order valence-electron chi connectivity index (χ3n) is 3.40. The summed E-state index contributed by atoms with van der Waals surface area (Å²) in [4.78, 5) is 11.6. The molecule has 0 radical (unpaired) electrons. The first kappa shape index (κ1) is 14.5. The van der Waals surface area contributed by atoms with Crippen molar-refractivity contribution in [2.24, 2.45) is 11.8 Å². The third kappa shape index (κ3) is 7.37. The van der Waals surface area contributed by atoms with Gasteiger partial charge in [0.2, 0.25) is 5.91 Å². The molecule has 0 aromatic heterocycles. The van der Waals surface area contributed by atoms with Crippen LogP contribution >= 0.6 is 0 Å². The van der Waals surface area contributed by atoms with Gasteiger partial charge in [-0.05, 0) is 31.1 Å². The summed E-state index contributed by atoms with van der Waals surface area (Å²) in [5.74, 6) is 1.72. The summed E-state index contributed by atoms with van der Waals surface area (Å²) in [7, 11) is 0. The van der Waals surface area contributed by atoms with Crippen molar-refractivity contribution in [1.29, 1.82) is 0 Å². The van der Waals surface area contributed by atoms with Crippen molar-refractivity contribution >= 4 is 5.91 Å². The lowest BCUT2D eigenvalue weighted by Gasteiger charge is -2.16. The molecule has 2 N–H and O–H groups in total. The van der Waals surface area contributed by atoms with Crippen LogP contribution in [0.2, 0.25) is 0 Å². The molecule has 0 heterocycles. The second kappa shape index (κ2) is 7.70. The van der Waals surface area contributed by atoms with E-state index >= 15 is 0 Å². The van der Waals surface area contributed by atoms with Gasteiger partial charge >= 0.3 is 0 Å². The molecule has 1 aliphatic rings. The van der Waals surface area contributed by atoms with E-state index < -0.39 is 0 Å². The van der Waals surface area contributed by atoms with E-state index in [0.717, 1.165) is 25.3 Å². The van der Waals surface area contributed by atoms with Crippen molar-refractivity contribution in [2.45, 2.75) is 58.9 Å². The second-order valence-electron chi connectivity index (χ2n) is 5.70. The number of carbonyl (C=O) groups excluding carboxylic acids is 1. The highest BCUT2D eigenvalue weighted by atomic mass is 16.1. The highest BCUT2D eigenvalue weighted by molar-refractivity contribution is 5.77. The summed E-state index contributed by atoms with van der Waals surface area (Å²) >= 11 is 0. The van der Waals surface area contributed by atoms with E-state index in [1.54, 1.807) is 0 Å². The van der Waals surface area contributed by atoms with Gasteiger partial charge in [-0.3, -0.25) is 4.79 Å². The Bertz CT molecular complexity index is 224. The molecule has 3 nitrogen and oxygen atoms in total. The summed E-state index contributed by atoms with van der Waals surface area (Å²) in [5, 5.41) is 6.33. The molecular formula is C14H28N2O. The van der Waals surface area contributed by atoms with E-state index in [2.05, 4.69) is 31.4 Å². The van der Waals surface area contributed by atoms with Crippen LogP contribution in [-0.4, -0.2) is 25.0 Å². The van der Waals surface area contributed by atoms with Crippen LogP contribution in [0.4, 0.5) is 0 Å². The van der Waals surface area contributed by atoms with Gasteiger partial charge in [-0.25, -0.2) is 0 Å². The fourth-order valence-electron chi connectivity index (χ4n) is 1.95. The topological polar surface area (TPSA) is 41.1 Å². The van der Waals surface area contributed by atoms with E-state index in [4.69, 9.17) is 0 Å². The van der Waals surface area contributed by atoms with Gasteiger partial charge < -0.3 is 10.6 Å². The second-order valence-corrected chi connectivity index (χ2v) is 5.70. The van der Waals surface area contributed by atoms with Crippen LogP contribution in [0.3, 0.4) is 0 Å². The van der Waals surface area contributed by atoms with Crippen LogP contribution < -0.4 is 10.6 Å². The smallest absolute Gasteiger partial charge is 0.233 e. The van der Waals surface area contributed by atoms with Gasteiger partial charge in [-0.2, -0.15) is 0 Å². The Morgan fingerprint density at radius 2 is 2.06 bits per heavy atom. The zero-order valence-electron chi connectivity index (χ0n) is 11.6. The Labute approximate surface area is 106 Å². The minimum Gasteiger partial charge on any atom is -0.355 e. The van der Waals surface area contributed by atoms with Gasteiger partial charge in [0, 0.05) is 12.6 Å². The molecule has 0 aliphatic heterocycles. The number of rotatable bonds is 9. The molecule has 0 aromatic rings. The Morgan fingerprint density at radius 3 is 2.59 bits per heavy atom. The summed E-state index contributed by atoms with van der Waals surface area (Å²) in [6.07, 6.45) is 6.20. The average molecular weight is 240 g/mol. The van der Waals surface area contributed by atoms with Gasteiger partial charge in [0.25, 0.3) is 0 Å². The maximum atomic E-state index is 11.6. The van der Waals surface area contributed by atoms with Gasteiger partial charge in [0.05, 0.1) is 6.54 Å². The molecule has 1 aliphatic carbocycles. The lowest BCUT2D eigenvalue weighted by atomic mass is 10.1. The molecular weight excluding hydrogens is 212 g/mol. The predicted molar refractivity (Wildman–Crippen MR) is 71.9 cm³/mol. The molecule has 0 bridgehead atoms. The molecule has 1 unspecified atom stereocenters. The van der Waals surface area contributed by atoms with Gasteiger partial charge in [0.15, 0.2) is 0 Å². The standard InChI is InChI=1S/C14H28N2O/c1-4-13(9-12-5-6-12)16-10-14(17)15-8-7-11(2)3/h11-13,16H,4-10H2,1-3H3,(H,15,17). The fraction of sp³-hybridized carbons (Fsp3) is 0.929. The van der Waals surface area contributed by atoms with Crippen LogP contribution in [0.25, 0.3) is 0 Å². The first-order chi connectivity index (χ1) is 8.11. The molecule has 0 spiro atoms. The van der Waals surface area contributed by atoms with Crippen molar-refractivity contribution < 1.29 is 4.79 Å². The molecule has 100 valence electrons. The normalized spacial score (nSPS) is 17.2. The van der Waals surface area contributed by atoms with Gasteiger partial charge in [-0.15, -0.1) is 0 Å². The number of nitrogens with one attached hydrogen (secondary N) is 2. The van der Waals surface area contributed by atoms with E-state index in [9.17, 15) is 4.79 Å². The first-order valence-electron chi connectivity index (χ1n) is 7.11. The van der Waals surface area contributed by atoms with E-state index in [1.807, 2.05) is 0 Å². The van der Waals surface area contributed by atoms with E-state index in [0.29, 0.717) is 18.5 Å². The van der Waals surface area contributed by atoms with Crippen molar-refractivity contribution in [1.82, 2.24) is 10.6 Å². The highest BCUT2D eigenvalue weighted by Gasteiger charge is 2.24. The number of carbonyl (C=O) groups is 1. The number of hydrogen-bond acceptors (Lipinski definition) is 2. The lowest BCUT2D eigenvalue weighted by Crippen LogP contribution is -2.39. The molecule has 1 rings (SSSR count). The van der Waals surface area contributed by atoms with E-state index in [-0.39, 0.29) is 5.91 Å². The summed E-state index contributed by atoms with van der Waals surface area (Å²) in [6, 6.07) is 0.526. The zero-order valence-corrected chi connectivity index (χ0v) is 11.6. The summed E-state index contributed by atoms with van der Waals surface area (Å²) in [5.41, 5.74) is 0. The fourth-order valence-corrected chi connectivity index (χ4v) is 1.95. The summed E-state index contributed by atoms with van der Waals surface area (Å²) < 4.78 is 0. The van der Waals surface area contributed by atoms with Crippen molar-refractivity contribution in [3.8, 4) is 0 Å². The molecule has 1 saturated carbocycles. The number of amides is 1. The van der Waals surface area contributed by atoms with Gasteiger partial charge in [0.1, 0.15) is 0 Å². The molecule has 17 heavy (non-hydrogen) atoms.